The predicted octanol–water partition coefficient (Wildman–Crippen LogP) is 1.95. The van der Waals surface area contributed by atoms with Crippen molar-refractivity contribution in [1.82, 2.24) is 9.62 Å². The molecule has 1 aromatic carbocycles. The molecule has 10 heteroatoms. The van der Waals surface area contributed by atoms with Crippen molar-refractivity contribution in [3.63, 3.8) is 0 Å². The van der Waals surface area contributed by atoms with Crippen LogP contribution >= 0.6 is 0 Å². The fourth-order valence-corrected chi connectivity index (χ4v) is 4.29. The lowest BCUT2D eigenvalue weighted by atomic mass is 10.0. The van der Waals surface area contributed by atoms with Crippen molar-refractivity contribution in [2.45, 2.75) is 43.3 Å². The first-order valence-corrected chi connectivity index (χ1v) is 9.50. The van der Waals surface area contributed by atoms with Gasteiger partial charge in [0.25, 0.3) is 0 Å². The normalized spacial score (nSPS) is 19.4. The molecule has 0 aliphatic carbocycles. The highest BCUT2D eigenvalue weighted by Crippen LogP contribution is 2.32. The molecular weight excluding hydrogens is 373 g/mol. The van der Waals surface area contributed by atoms with Gasteiger partial charge in [0.15, 0.2) is 0 Å². The molecule has 2 rings (SSSR count). The lowest BCUT2D eigenvalue weighted by molar-refractivity contribution is -0.137. The number of benzene rings is 1. The van der Waals surface area contributed by atoms with Gasteiger partial charge in [-0.05, 0) is 24.6 Å². The quantitative estimate of drug-likeness (QED) is 0.830. The van der Waals surface area contributed by atoms with E-state index in [1.165, 1.54) is 0 Å². The van der Waals surface area contributed by atoms with E-state index in [0.717, 1.165) is 22.5 Å². The first-order valence-electron chi connectivity index (χ1n) is 8.06. The zero-order valence-electron chi connectivity index (χ0n) is 14.0. The number of rotatable bonds is 5. The fourth-order valence-electron chi connectivity index (χ4n) is 2.66. The molecule has 1 unspecified atom stereocenters. The molecule has 0 aromatic heterocycles. The van der Waals surface area contributed by atoms with Gasteiger partial charge in [-0.3, -0.25) is 9.59 Å². The lowest BCUT2D eigenvalue weighted by Gasteiger charge is -2.33. The van der Waals surface area contributed by atoms with Crippen molar-refractivity contribution in [2.24, 2.45) is 0 Å². The molecule has 0 saturated carbocycles. The molecule has 26 heavy (non-hydrogen) atoms. The average Bonchev–Trinajstić information content (AvgIpc) is 2.58. The monoisotopic (exact) mass is 392 g/mol. The van der Waals surface area contributed by atoms with Crippen molar-refractivity contribution in [2.75, 3.05) is 13.1 Å². The summed E-state index contributed by atoms with van der Waals surface area (Å²) in [6.45, 7) is 1.87. The SMILES string of the molecule is CCCNC(=O)C1CC(=O)CCN1S(=O)(=O)c1cccc(C(F)(F)F)c1. The number of nitrogens with one attached hydrogen (secondary N) is 1. The summed E-state index contributed by atoms with van der Waals surface area (Å²) in [7, 11) is -4.37. The third-order valence-electron chi connectivity index (χ3n) is 4.00. The van der Waals surface area contributed by atoms with Gasteiger partial charge in [-0.1, -0.05) is 13.0 Å². The second-order valence-electron chi connectivity index (χ2n) is 5.94. The van der Waals surface area contributed by atoms with E-state index in [2.05, 4.69) is 5.32 Å². The van der Waals surface area contributed by atoms with Gasteiger partial charge in [0.2, 0.25) is 15.9 Å². The number of hydrogen-bond donors (Lipinski definition) is 1. The second-order valence-corrected chi connectivity index (χ2v) is 7.83. The molecule has 0 spiro atoms. The predicted molar refractivity (Wildman–Crippen MR) is 86.7 cm³/mol. The Kier molecular flexibility index (Phi) is 6.07. The van der Waals surface area contributed by atoms with Gasteiger partial charge in [-0.15, -0.1) is 0 Å². The maximum Gasteiger partial charge on any atom is 0.416 e. The van der Waals surface area contributed by atoms with E-state index in [4.69, 9.17) is 0 Å². The van der Waals surface area contributed by atoms with Crippen LogP contribution in [0, 0.1) is 0 Å². The minimum atomic E-state index is -4.69. The van der Waals surface area contributed by atoms with Crippen molar-refractivity contribution < 1.29 is 31.2 Å². The average molecular weight is 392 g/mol. The smallest absolute Gasteiger partial charge is 0.355 e. The van der Waals surface area contributed by atoms with Crippen LogP contribution in [0.4, 0.5) is 13.2 Å². The van der Waals surface area contributed by atoms with Gasteiger partial charge in [-0.2, -0.15) is 17.5 Å². The number of piperidine rings is 1. The summed E-state index contributed by atoms with van der Waals surface area (Å²) < 4.78 is 65.1. The van der Waals surface area contributed by atoms with E-state index >= 15 is 0 Å². The van der Waals surface area contributed by atoms with Crippen LogP contribution in [0.2, 0.25) is 0 Å². The van der Waals surface area contributed by atoms with Crippen LogP contribution in [-0.2, 0) is 25.8 Å². The molecule has 1 N–H and O–H groups in total. The maximum absolute atomic E-state index is 12.9. The Morgan fingerprint density at radius 1 is 1.35 bits per heavy atom. The van der Waals surface area contributed by atoms with Crippen LogP contribution in [0.15, 0.2) is 29.2 Å². The molecule has 144 valence electrons. The van der Waals surface area contributed by atoms with Gasteiger partial charge in [0.1, 0.15) is 11.8 Å². The number of ketones is 1. The number of halogens is 3. The topological polar surface area (TPSA) is 83.6 Å². The molecule has 0 bridgehead atoms. The van der Waals surface area contributed by atoms with E-state index in [1.807, 2.05) is 6.92 Å². The highest BCUT2D eigenvalue weighted by Gasteiger charge is 2.41. The van der Waals surface area contributed by atoms with Crippen LogP contribution in [0.1, 0.15) is 31.7 Å². The van der Waals surface area contributed by atoms with E-state index in [-0.39, 0.29) is 25.2 Å². The van der Waals surface area contributed by atoms with E-state index < -0.39 is 38.6 Å². The molecule has 1 saturated heterocycles. The molecule has 0 radical (unpaired) electrons. The molecular formula is C16H19F3N2O4S. The van der Waals surface area contributed by atoms with Gasteiger partial charge in [-0.25, -0.2) is 8.42 Å². The maximum atomic E-state index is 12.9. The minimum absolute atomic E-state index is 0.0876. The molecule has 1 amide bonds. The minimum Gasteiger partial charge on any atom is -0.355 e. The Hall–Kier alpha value is -1.94. The molecule has 1 aromatic rings. The zero-order valence-corrected chi connectivity index (χ0v) is 14.9. The van der Waals surface area contributed by atoms with Crippen LogP contribution < -0.4 is 5.32 Å². The number of nitrogens with zero attached hydrogens (tertiary/aromatic N) is 1. The summed E-state index contributed by atoms with van der Waals surface area (Å²) in [5, 5.41) is 2.53. The van der Waals surface area contributed by atoms with Crippen molar-refractivity contribution in [1.29, 1.82) is 0 Å². The van der Waals surface area contributed by atoms with E-state index in [1.54, 1.807) is 0 Å². The Morgan fingerprint density at radius 3 is 2.65 bits per heavy atom. The second kappa shape index (κ2) is 7.75. The van der Waals surface area contributed by atoms with Gasteiger partial charge >= 0.3 is 6.18 Å². The van der Waals surface area contributed by atoms with Gasteiger partial charge in [0.05, 0.1) is 10.5 Å². The van der Waals surface area contributed by atoms with Crippen molar-refractivity contribution >= 4 is 21.7 Å². The Bertz CT molecular complexity index is 793. The van der Waals surface area contributed by atoms with Crippen LogP contribution in [-0.4, -0.2) is 43.5 Å². The zero-order chi connectivity index (χ0) is 19.5. The highest BCUT2D eigenvalue weighted by molar-refractivity contribution is 7.89. The molecule has 6 nitrogen and oxygen atoms in total. The highest BCUT2D eigenvalue weighted by atomic mass is 32.2. The summed E-state index contributed by atoms with van der Waals surface area (Å²) in [6, 6.07) is 2.08. The number of hydrogen-bond acceptors (Lipinski definition) is 4. The summed E-state index contributed by atoms with van der Waals surface area (Å²) in [5.74, 6) is -0.896. The van der Waals surface area contributed by atoms with Crippen LogP contribution in [0.3, 0.4) is 0 Å². The third kappa shape index (κ3) is 4.42. The number of Topliss-reactive ketones (excluding diaryl/α,β-unsaturated/α-hetero) is 1. The summed E-state index contributed by atoms with van der Waals surface area (Å²) >= 11 is 0. The standard InChI is InChI=1S/C16H19F3N2O4S/c1-2-7-20-15(23)14-10-12(22)6-8-21(14)26(24,25)13-5-3-4-11(9-13)16(17,18)19/h3-5,9,14H,2,6-8,10H2,1H3,(H,20,23). The van der Waals surface area contributed by atoms with Crippen molar-refractivity contribution in [3.8, 4) is 0 Å². The summed E-state index contributed by atoms with van der Waals surface area (Å²) in [6.07, 6.45) is -4.46. The fraction of sp³-hybridized carbons (Fsp3) is 0.500. The van der Waals surface area contributed by atoms with E-state index in [9.17, 15) is 31.2 Å². The first-order chi connectivity index (χ1) is 12.1. The molecule has 1 fully saturated rings. The van der Waals surface area contributed by atoms with E-state index in [0.29, 0.717) is 19.0 Å². The molecule has 1 heterocycles. The molecule has 1 aliphatic rings. The summed E-state index contributed by atoms with van der Waals surface area (Å²) in [4.78, 5) is 23.4. The number of alkyl halides is 3. The Balaban J connectivity index is 2.39. The Labute approximate surface area is 149 Å². The van der Waals surface area contributed by atoms with Crippen molar-refractivity contribution in [3.05, 3.63) is 29.8 Å². The number of sulfonamides is 1. The van der Waals surface area contributed by atoms with Gasteiger partial charge < -0.3 is 5.32 Å². The lowest BCUT2D eigenvalue weighted by Crippen LogP contribution is -2.53. The van der Waals surface area contributed by atoms with Crippen LogP contribution in [0.25, 0.3) is 0 Å². The molecule has 1 atom stereocenters. The summed E-state index contributed by atoms with van der Waals surface area (Å²) in [5.41, 5.74) is -1.10. The molecule has 1 aliphatic heterocycles. The number of amides is 1. The number of carbonyl (C=O) groups excluding carboxylic acids is 2. The largest absolute Gasteiger partial charge is 0.416 e. The van der Waals surface area contributed by atoms with Gasteiger partial charge in [0, 0.05) is 25.9 Å². The third-order valence-corrected chi connectivity index (χ3v) is 5.90. The van der Waals surface area contributed by atoms with Crippen LogP contribution in [0.5, 0.6) is 0 Å². The number of carbonyl (C=O) groups is 2. The Morgan fingerprint density at radius 2 is 2.04 bits per heavy atom. The first kappa shape index (κ1) is 20.4.